The zero-order valence-corrected chi connectivity index (χ0v) is 9.28. The van der Waals surface area contributed by atoms with Crippen molar-refractivity contribution in [3.8, 4) is 0 Å². The maximum atomic E-state index is 11.3. The van der Waals surface area contributed by atoms with E-state index in [1.54, 1.807) is 0 Å². The molecule has 0 saturated carbocycles. The Morgan fingerprint density at radius 1 is 1.80 bits per heavy atom. The van der Waals surface area contributed by atoms with Crippen molar-refractivity contribution in [3.05, 3.63) is 10.5 Å². The lowest BCUT2D eigenvalue weighted by molar-refractivity contribution is 0.318. The molecule has 0 bridgehead atoms. The third kappa shape index (κ3) is 2.75. The fourth-order valence-electron chi connectivity index (χ4n) is 1.01. The van der Waals surface area contributed by atoms with Gasteiger partial charge in [0.25, 0.3) is 0 Å². The van der Waals surface area contributed by atoms with E-state index in [4.69, 9.17) is 10.9 Å². The first-order valence-corrected chi connectivity index (χ1v) is 5.31. The standard InChI is InChI=1S/C7H13N5O2S/c1-4(2)12-6(13)9-10-7(12)15-3-5(8)11-14/h4,14H,3H2,1-2H3,(H2,8,11)(H,9,13). The summed E-state index contributed by atoms with van der Waals surface area (Å²) in [7, 11) is 0. The molecule has 0 aromatic carbocycles. The van der Waals surface area contributed by atoms with E-state index in [1.165, 1.54) is 16.3 Å². The SMILES string of the molecule is CC(C)n1c(SCC(N)=NO)n[nH]c1=O. The highest BCUT2D eigenvalue weighted by Gasteiger charge is 2.11. The molecule has 0 fully saturated rings. The number of rotatable bonds is 4. The number of aromatic amines is 1. The summed E-state index contributed by atoms with van der Waals surface area (Å²) in [6, 6.07) is 0.0195. The summed E-state index contributed by atoms with van der Waals surface area (Å²) in [5, 5.41) is 17.9. The van der Waals surface area contributed by atoms with Gasteiger partial charge in [-0.15, -0.1) is 5.10 Å². The zero-order valence-electron chi connectivity index (χ0n) is 8.47. The van der Waals surface area contributed by atoms with Crippen LogP contribution in [0.15, 0.2) is 15.1 Å². The second-order valence-corrected chi connectivity index (χ2v) is 4.10. The van der Waals surface area contributed by atoms with Crippen molar-refractivity contribution < 1.29 is 5.21 Å². The quantitative estimate of drug-likeness (QED) is 0.222. The van der Waals surface area contributed by atoms with Crippen molar-refractivity contribution in [2.75, 3.05) is 5.75 Å². The summed E-state index contributed by atoms with van der Waals surface area (Å²) in [5.41, 5.74) is 5.05. The molecule has 0 unspecified atom stereocenters. The highest BCUT2D eigenvalue weighted by atomic mass is 32.2. The van der Waals surface area contributed by atoms with Crippen LogP contribution in [0.1, 0.15) is 19.9 Å². The molecule has 0 spiro atoms. The molecule has 0 aliphatic carbocycles. The van der Waals surface area contributed by atoms with E-state index in [-0.39, 0.29) is 23.3 Å². The molecule has 1 aromatic rings. The third-order valence-electron chi connectivity index (χ3n) is 1.67. The Bertz CT molecular complexity index is 408. The normalized spacial score (nSPS) is 12.3. The van der Waals surface area contributed by atoms with E-state index in [0.29, 0.717) is 5.16 Å². The number of amidine groups is 1. The fourth-order valence-corrected chi connectivity index (χ4v) is 1.89. The highest BCUT2D eigenvalue weighted by molar-refractivity contribution is 7.99. The van der Waals surface area contributed by atoms with Crippen LogP contribution in [0.25, 0.3) is 0 Å². The van der Waals surface area contributed by atoms with Crippen LogP contribution >= 0.6 is 11.8 Å². The van der Waals surface area contributed by atoms with Gasteiger partial charge in [-0.2, -0.15) is 0 Å². The summed E-state index contributed by atoms with van der Waals surface area (Å²) in [6.45, 7) is 3.76. The zero-order chi connectivity index (χ0) is 11.4. The van der Waals surface area contributed by atoms with Gasteiger partial charge in [-0.3, -0.25) is 4.57 Å². The molecule has 1 aromatic heterocycles. The first-order valence-electron chi connectivity index (χ1n) is 4.32. The van der Waals surface area contributed by atoms with Crippen LogP contribution in [0.5, 0.6) is 0 Å². The van der Waals surface area contributed by atoms with Crippen molar-refractivity contribution in [2.45, 2.75) is 25.0 Å². The lowest BCUT2D eigenvalue weighted by atomic mass is 10.4. The van der Waals surface area contributed by atoms with E-state index in [2.05, 4.69) is 15.4 Å². The van der Waals surface area contributed by atoms with Crippen molar-refractivity contribution >= 4 is 17.6 Å². The average Bonchev–Trinajstić information content (AvgIpc) is 2.56. The molecule has 0 saturated heterocycles. The van der Waals surface area contributed by atoms with Gasteiger partial charge in [-0.1, -0.05) is 16.9 Å². The maximum absolute atomic E-state index is 11.3. The number of oxime groups is 1. The number of H-pyrrole nitrogens is 1. The lowest BCUT2D eigenvalue weighted by Gasteiger charge is -2.07. The van der Waals surface area contributed by atoms with Crippen molar-refractivity contribution in [1.82, 2.24) is 14.8 Å². The first kappa shape index (κ1) is 11.6. The van der Waals surface area contributed by atoms with Gasteiger partial charge in [0, 0.05) is 6.04 Å². The van der Waals surface area contributed by atoms with Gasteiger partial charge in [-0.25, -0.2) is 9.89 Å². The van der Waals surface area contributed by atoms with E-state index in [0.717, 1.165) is 0 Å². The van der Waals surface area contributed by atoms with Gasteiger partial charge in [0.15, 0.2) is 5.16 Å². The Morgan fingerprint density at radius 2 is 2.47 bits per heavy atom. The largest absolute Gasteiger partial charge is 0.409 e. The molecular formula is C7H13N5O2S. The number of nitrogens with zero attached hydrogens (tertiary/aromatic N) is 3. The van der Waals surface area contributed by atoms with Gasteiger partial charge < -0.3 is 10.9 Å². The molecule has 0 radical (unpaired) electrons. The molecule has 15 heavy (non-hydrogen) atoms. The number of nitrogens with two attached hydrogens (primary N) is 1. The van der Waals surface area contributed by atoms with Crippen molar-refractivity contribution in [3.63, 3.8) is 0 Å². The Hall–Kier alpha value is -1.44. The molecule has 7 nitrogen and oxygen atoms in total. The summed E-state index contributed by atoms with van der Waals surface area (Å²) < 4.78 is 1.51. The van der Waals surface area contributed by atoms with Crippen LogP contribution in [0.4, 0.5) is 0 Å². The van der Waals surface area contributed by atoms with E-state index in [1.807, 2.05) is 13.8 Å². The number of thioether (sulfide) groups is 1. The van der Waals surface area contributed by atoms with E-state index in [9.17, 15) is 4.79 Å². The molecule has 8 heteroatoms. The van der Waals surface area contributed by atoms with Crippen LogP contribution in [0, 0.1) is 0 Å². The molecule has 84 valence electrons. The number of hydrogen-bond acceptors (Lipinski definition) is 5. The molecule has 4 N–H and O–H groups in total. The Morgan fingerprint density at radius 3 is 3.00 bits per heavy atom. The monoisotopic (exact) mass is 231 g/mol. The number of nitrogens with one attached hydrogen (secondary N) is 1. The highest BCUT2D eigenvalue weighted by Crippen LogP contribution is 2.15. The lowest BCUT2D eigenvalue weighted by Crippen LogP contribution is -2.20. The Labute approximate surface area is 90.4 Å². The van der Waals surface area contributed by atoms with Gasteiger partial charge in [-0.05, 0) is 13.8 Å². The van der Waals surface area contributed by atoms with Crippen LogP contribution in [0.3, 0.4) is 0 Å². The number of hydrogen-bond donors (Lipinski definition) is 3. The minimum atomic E-state index is -0.257. The predicted octanol–water partition coefficient (Wildman–Crippen LogP) is -0.00920. The molecular weight excluding hydrogens is 218 g/mol. The van der Waals surface area contributed by atoms with E-state index < -0.39 is 0 Å². The summed E-state index contributed by atoms with van der Waals surface area (Å²) in [6.07, 6.45) is 0. The van der Waals surface area contributed by atoms with Crippen molar-refractivity contribution in [1.29, 1.82) is 0 Å². The minimum absolute atomic E-state index is 0.0195. The molecule has 1 heterocycles. The van der Waals surface area contributed by atoms with Crippen LogP contribution in [-0.4, -0.2) is 31.6 Å². The van der Waals surface area contributed by atoms with Crippen LogP contribution in [-0.2, 0) is 0 Å². The summed E-state index contributed by atoms with van der Waals surface area (Å²) >= 11 is 1.23. The predicted molar refractivity (Wildman–Crippen MR) is 57.4 cm³/mol. The molecule has 0 amide bonds. The minimum Gasteiger partial charge on any atom is -0.409 e. The number of aromatic nitrogens is 3. The summed E-state index contributed by atoms with van der Waals surface area (Å²) in [5.74, 6) is 0.374. The topological polar surface area (TPSA) is 109 Å². The second kappa shape index (κ2) is 4.87. The average molecular weight is 231 g/mol. The smallest absolute Gasteiger partial charge is 0.344 e. The van der Waals surface area contributed by atoms with Gasteiger partial charge in [0.05, 0.1) is 5.75 Å². The first-order chi connectivity index (χ1) is 7.06. The van der Waals surface area contributed by atoms with Gasteiger partial charge in [0.2, 0.25) is 0 Å². The van der Waals surface area contributed by atoms with Gasteiger partial charge in [0.1, 0.15) is 5.84 Å². The Kier molecular flexibility index (Phi) is 3.78. The maximum Gasteiger partial charge on any atom is 0.344 e. The van der Waals surface area contributed by atoms with Gasteiger partial charge >= 0.3 is 5.69 Å². The summed E-state index contributed by atoms with van der Waals surface area (Å²) in [4.78, 5) is 11.3. The molecule has 0 aliphatic rings. The molecule has 0 aliphatic heterocycles. The van der Waals surface area contributed by atoms with Crippen molar-refractivity contribution in [2.24, 2.45) is 10.9 Å². The fraction of sp³-hybridized carbons (Fsp3) is 0.571. The third-order valence-corrected chi connectivity index (χ3v) is 2.65. The molecule has 0 atom stereocenters. The Balaban J connectivity index is 2.82. The molecule has 1 rings (SSSR count). The van der Waals surface area contributed by atoms with Crippen LogP contribution in [0.2, 0.25) is 0 Å². The van der Waals surface area contributed by atoms with Crippen LogP contribution < -0.4 is 11.4 Å². The van der Waals surface area contributed by atoms with E-state index >= 15 is 0 Å². The second-order valence-electron chi connectivity index (χ2n) is 3.16.